The molecule has 0 spiro atoms. The average Bonchev–Trinajstić information content (AvgIpc) is 2.81. The minimum Gasteiger partial charge on any atom is -0.407 e. The molecule has 0 aliphatic carbocycles. The Morgan fingerprint density at radius 2 is 1.86 bits per heavy atom. The lowest BCUT2D eigenvalue weighted by atomic mass is 10.2. The molecule has 1 heterocycles. The fraction of sp³-hybridized carbons (Fsp3) is 0.0667. The van der Waals surface area contributed by atoms with Gasteiger partial charge in [0.15, 0.2) is 5.58 Å². The van der Waals surface area contributed by atoms with Crippen LogP contribution in [0.3, 0.4) is 0 Å². The predicted molar refractivity (Wildman–Crippen MR) is 81.4 cm³/mol. The quantitative estimate of drug-likeness (QED) is 0.683. The Labute approximate surface area is 129 Å². The maximum atomic E-state index is 12.5. The molecule has 1 aromatic heterocycles. The van der Waals surface area contributed by atoms with Crippen molar-refractivity contribution >= 4 is 40.2 Å². The molecule has 106 valence electrons. The smallest absolute Gasteiger partial charge is 0.407 e. The summed E-state index contributed by atoms with van der Waals surface area (Å²) in [5, 5.41) is 0.564. The van der Waals surface area contributed by atoms with Gasteiger partial charge in [-0.05, 0) is 25.1 Å². The molecule has 0 N–H and O–H groups in total. The molecule has 3 rings (SSSR count). The number of hydrogen-bond acceptors (Lipinski definition) is 3. The molecule has 6 heteroatoms. The molecule has 0 aliphatic heterocycles. The van der Waals surface area contributed by atoms with E-state index in [2.05, 4.69) is 0 Å². The maximum absolute atomic E-state index is 12.5. The van der Waals surface area contributed by atoms with Crippen LogP contribution in [0.5, 0.6) is 0 Å². The van der Waals surface area contributed by atoms with Gasteiger partial charge in [0.2, 0.25) is 0 Å². The van der Waals surface area contributed by atoms with Gasteiger partial charge in [-0.1, -0.05) is 41.4 Å². The largest absolute Gasteiger partial charge is 0.427 e. The standard InChI is InChI=1S/C15H9Cl2NO3/c1-8-12(17)10(16)7-11-13(8)21-15(20)18(11)14(19)9-5-3-2-4-6-9/h2-7H,1H3. The molecule has 3 aromatic rings. The van der Waals surface area contributed by atoms with Gasteiger partial charge in [0.25, 0.3) is 5.91 Å². The Balaban J connectivity index is 2.32. The minimum atomic E-state index is -0.764. The first-order valence-corrected chi connectivity index (χ1v) is 6.86. The Morgan fingerprint density at radius 3 is 2.52 bits per heavy atom. The first-order valence-electron chi connectivity index (χ1n) is 6.10. The van der Waals surface area contributed by atoms with Crippen LogP contribution in [0.1, 0.15) is 15.9 Å². The third kappa shape index (κ3) is 2.17. The fourth-order valence-corrected chi connectivity index (χ4v) is 2.53. The molecule has 0 amide bonds. The molecule has 0 fully saturated rings. The average molecular weight is 322 g/mol. The zero-order valence-corrected chi connectivity index (χ0v) is 12.4. The van der Waals surface area contributed by atoms with Gasteiger partial charge < -0.3 is 4.42 Å². The summed E-state index contributed by atoms with van der Waals surface area (Å²) in [7, 11) is 0. The summed E-state index contributed by atoms with van der Waals surface area (Å²) in [5.74, 6) is -1.24. The van der Waals surface area contributed by atoms with Gasteiger partial charge >= 0.3 is 5.76 Å². The van der Waals surface area contributed by atoms with Gasteiger partial charge in [-0.15, -0.1) is 0 Å². The molecule has 0 radical (unpaired) electrons. The maximum Gasteiger partial charge on any atom is 0.427 e. The summed E-state index contributed by atoms with van der Waals surface area (Å²) in [4.78, 5) is 24.5. The van der Waals surface area contributed by atoms with E-state index < -0.39 is 11.7 Å². The van der Waals surface area contributed by atoms with Crippen molar-refractivity contribution in [3.63, 3.8) is 0 Å². The predicted octanol–water partition coefficient (Wildman–Crippen LogP) is 3.90. The van der Waals surface area contributed by atoms with Crippen LogP contribution in [0.15, 0.2) is 45.6 Å². The summed E-state index contributed by atoms with van der Waals surface area (Å²) in [6.07, 6.45) is 0. The zero-order chi connectivity index (χ0) is 15.1. The second kappa shape index (κ2) is 5.06. The van der Waals surface area contributed by atoms with Crippen LogP contribution in [-0.4, -0.2) is 10.5 Å². The van der Waals surface area contributed by atoms with Crippen LogP contribution in [-0.2, 0) is 0 Å². The molecular weight excluding hydrogens is 313 g/mol. The highest BCUT2D eigenvalue weighted by Crippen LogP contribution is 2.32. The normalized spacial score (nSPS) is 11.0. The molecule has 0 unspecified atom stereocenters. The summed E-state index contributed by atoms with van der Waals surface area (Å²) < 4.78 is 6.11. The van der Waals surface area contributed by atoms with Crippen molar-refractivity contribution in [2.24, 2.45) is 0 Å². The summed E-state index contributed by atoms with van der Waals surface area (Å²) in [6.45, 7) is 1.68. The third-order valence-electron chi connectivity index (χ3n) is 3.21. The number of aromatic nitrogens is 1. The molecule has 0 bridgehead atoms. The molecular formula is C15H9Cl2NO3. The minimum absolute atomic E-state index is 0.261. The molecule has 0 saturated heterocycles. The lowest BCUT2D eigenvalue weighted by Crippen LogP contribution is -2.23. The van der Waals surface area contributed by atoms with E-state index >= 15 is 0 Å². The molecule has 2 aromatic carbocycles. The van der Waals surface area contributed by atoms with Crippen molar-refractivity contribution in [2.75, 3.05) is 0 Å². The van der Waals surface area contributed by atoms with E-state index in [4.69, 9.17) is 27.6 Å². The van der Waals surface area contributed by atoms with E-state index in [1.807, 2.05) is 0 Å². The number of benzene rings is 2. The van der Waals surface area contributed by atoms with Gasteiger partial charge in [-0.25, -0.2) is 9.36 Å². The van der Waals surface area contributed by atoms with Gasteiger partial charge in [-0.3, -0.25) is 4.79 Å². The van der Waals surface area contributed by atoms with Crippen molar-refractivity contribution in [3.8, 4) is 0 Å². The van der Waals surface area contributed by atoms with E-state index in [0.29, 0.717) is 21.7 Å². The zero-order valence-electron chi connectivity index (χ0n) is 10.9. The Hall–Kier alpha value is -2.04. The number of aryl methyl sites for hydroxylation is 1. The van der Waals surface area contributed by atoms with Crippen LogP contribution >= 0.6 is 23.2 Å². The van der Waals surface area contributed by atoms with Crippen molar-refractivity contribution < 1.29 is 9.21 Å². The van der Waals surface area contributed by atoms with Gasteiger partial charge in [0.1, 0.15) is 5.52 Å². The van der Waals surface area contributed by atoms with Crippen molar-refractivity contribution in [1.82, 2.24) is 4.57 Å². The number of rotatable bonds is 1. The number of hydrogen-bond donors (Lipinski definition) is 0. The van der Waals surface area contributed by atoms with E-state index in [1.54, 1.807) is 37.3 Å². The van der Waals surface area contributed by atoms with Crippen LogP contribution in [0.2, 0.25) is 10.0 Å². The van der Waals surface area contributed by atoms with Crippen LogP contribution in [0, 0.1) is 6.92 Å². The summed E-state index contributed by atoms with van der Waals surface area (Å²) in [5.41, 5.74) is 1.47. The van der Waals surface area contributed by atoms with Crippen LogP contribution in [0.4, 0.5) is 0 Å². The topological polar surface area (TPSA) is 52.2 Å². The second-order valence-electron chi connectivity index (χ2n) is 4.52. The number of oxazole rings is 1. The Morgan fingerprint density at radius 1 is 1.19 bits per heavy atom. The van der Waals surface area contributed by atoms with E-state index in [1.165, 1.54) is 6.07 Å². The highest BCUT2D eigenvalue weighted by atomic mass is 35.5. The van der Waals surface area contributed by atoms with Crippen LogP contribution in [0.25, 0.3) is 11.1 Å². The van der Waals surface area contributed by atoms with Crippen molar-refractivity contribution in [2.45, 2.75) is 6.92 Å². The molecule has 21 heavy (non-hydrogen) atoms. The molecule has 4 nitrogen and oxygen atoms in total. The highest BCUT2D eigenvalue weighted by Gasteiger charge is 2.21. The van der Waals surface area contributed by atoms with E-state index in [-0.39, 0.29) is 10.6 Å². The number of fused-ring (bicyclic) bond motifs is 1. The number of nitrogens with zero attached hydrogens (tertiary/aromatic N) is 1. The SMILES string of the molecule is Cc1c(Cl)c(Cl)cc2c1oc(=O)n2C(=O)c1ccccc1. The van der Waals surface area contributed by atoms with Crippen LogP contribution < -0.4 is 5.76 Å². The lowest BCUT2D eigenvalue weighted by Gasteiger charge is -2.04. The van der Waals surface area contributed by atoms with Gasteiger partial charge in [0, 0.05) is 11.1 Å². The number of halogens is 2. The monoisotopic (exact) mass is 321 g/mol. The summed E-state index contributed by atoms with van der Waals surface area (Å²) in [6, 6.07) is 9.92. The van der Waals surface area contributed by atoms with Gasteiger partial charge in [0.05, 0.1) is 10.0 Å². The fourth-order valence-electron chi connectivity index (χ4n) is 2.15. The Kier molecular flexibility index (Phi) is 3.35. The van der Waals surface area contributed by atoms with Crippen molar-refractivity contribution in [3.05, 3.63) is 68.1 Å². The number of carbonyl (C=O) groups is 1. The first-order chi connectivity index (χ1) is 10.0. The molecule has 0 aliphatic rings. The first kappa shape index (κ1) is 13.9. The van der Waals surface area contributed by atoms with Crippen molar-refractivity contribution in [1.29, 1.82) is 0 Å². The molecule has 0 atom stereocenters. The summed E-state index contributed by atoms with van der Waals surface area (Å²) >= 11 is 12.1. The molecule has 0 saturated carbocycles. The van der Waals surface area contributed by atoms with E-state index in [9.17, 15) is 9.59 Å². The third-order valence-corrected chi connectivity index (χ3v) is 4.09. The number of carbonyl (C=O) groups excluding carboxylic acids is 1. The second-order valence-corrected chi connectivity index (χ2v) is 5.31. The van der Waals surface area contributed by atoms with E-state index in [0.717, 1.165) is 4.57 Å². The van der Waals surface area contributed by atoms with Gasteiger partial charge in [-0.2, -0.15) is 0 Å². The lowest BCUT2D eigenvalue weighted by molar-refractivity contribution is 0.0956. The Bertz CT molecular complexity index is 910. The highest BCUT2D eigenvalue weighted by molar-refractivity contribution is 6.43.